The van der Waals surface area contributed by atoms with E-state index < -0.39 is 0 Å². The van der Waals surface area contributed by atoms with Crippen molar-refractivity contribution in [3.63, 3.8) is 0 Å². The largest absolute Gasteiger partial charge is 0.469 e. The number of fused-ring (bicyclic) bond motifs is 1. The van der Waals surface area contributed by atoms with Gasteiger partial charge in [0.15, 0.2) is 0 Å². The topological polar surface area (TPSA) is 48.1 Å². The summed E-state index contributed by atoms with van der Waals surface area (Å²) < 4.78 is 6.11. The molecular formula is C16H18N2O. The molecule has 1 atom stereocenters. The maximum Gasteiger partial charge on any atom is 0.218 e. The maximum atomic E-state index is 6.11. The Morgan fingerprint density at radius 3 is 3.00 bits per heavy atom. The van der Waals surface area contributed by atoms with Crippen LogP contribution in [0.15, 0.2) is 42.6 Å². The van der Waals surface area contributed by atoms with E-state index in [9.17, 15) is 0 Å². The van der Waals surface area contributed by atoms with E-state index in [1.807, 2.05) is 12.1 Å². The molecule has 0 amide bonds. The molecule has 0 saturated carbocycles. The lowest BCUT2D eigenvalue weighted by molar-refractivity contribution is 0.174. The highest BCUT2D eigenvalue weighted by Crippen LogP contribution is 2.33. The fraction of sp³-hybridized carbons (Fsp3) is 0.312. The molecule has 1 unspecified atom stereocenters. The summed E-state index contributed by atoms with van der Waals surface area (Å²) in [6.07, 6.45) is 5.19. The molecule has 1 aliphatic rings. The van der Waals surface area contributed by atoms with Gasteiger partial charge in [0, 0.05) is 18.3 Å². The minimum absolute atomic E-state index is 0.102. The SMILES string of the molecule is NCc1cccnc1OC1CCCc2ccccc21. The molecule has 0 spiro atoms. The molecule has 1 aromatic heterocycles. The summed E-state index contributed by atoms with van der Waals surface area (Å²) in [5.41, 5.74) is 9.38. The Morgan fingerprint density at radius 2 is 2.11 bits per heavy atom. The van der Waals surface area contributed by atoms with Gasteiger partial charge in [-0.2, -0.15) is 0 Å². The molecule has 0 saturated heterocycles. The van der Waals surface area contributed by atoms with Gasteiger partial charge in [0.1, 0.15) is 6.10 Å². The van der Waals surface area contributed by atoms with E-state index in [4.69, 9.17) is 10.5 Å². The van der Waals surface area contributed by atoms with Gasteiger partial charge in [-0.1, -0.05) is 30.3 Å². The number of benzene rings is 1. The van der Waals surface area contributed by atoms with E-state index in [2.05, 4.69) is 29.2 Å². The number of ether oxygens (including phenoxy) is 1. The Hall–Kier alpha value is -1.87. The number of aryl methyl sites for hydroxylation is 1. The van der Waals surface area contributed by atoms with Crippen molar-refractivity contribution in [1.82, 2.24) is 4.98 Å². The van der Waals surface area contributed by atoms with Gasteiger partial charge in [-0.05, 0) is 36.5 Å². The molecule has 0 bridgehead atoms. The van der Waals surface area contributed by atoms with Crippen LogP contribution < -0.4 is 10.5 Å². The lowest BCUT2D eigenvalue weighted by atomic mass is 9.89. The molecule has 0 radical (unpaired) electrons. The lowest BCUT2D eigenvalue weighted by Crippen LogP contribution is -2.16. The molecule has 3 nitrogen and oxygen atoms in total. The quantitative estimate of drug-likeness (QED) is 0.916. The molecular weight excluding hydrogens is 236 g/mol. The van der Waals surface area contributed by atoms with Crippen LogP contribution in [0.4, 0.5) is 0 Å². The van der Waals surface area contributed by atoms with Gasteiger partial charge >= 0.3 is 0 Å². The zero-order valence-electron chi connectivity index (χ0n) is 10.9. The first-order chi connectivity index (χ1) is 9.38. The van der Waals surface area contributed by atoms with E-state index >= 15 is 0 Å². The third-order valence-corrected chi connectivity index (χ3v) is 3.64. The van der Waals surface area contributed by atoms with Gasteiger partial charge in [0.2, 0.25) is 5.88 Å². The van der Waals surface area contributed by atoms with Crippen LogP contribution in [0.2, 0.25) is 0 Å². The molecule has 0 fully saturated rings. The van der Waals surface area contributed by atoms with Gasteiger partial charge in [-0.3, -0.25) is 0 Å². The third-order valence-electron chi connectivity index (χ3n) is 3.64. The molecule has 3 rings (SSSR count). The summed E-state index contributed by atoms with van der Waals surface area (Å²) in [6.45, 7) is 0.456. The summed E-state index contributed by atoms with van der Waals surface area (Å²) in [4.78, 5) is 4.31. The van der Waals surface area contributed by atoms with Crippen LogP contribution in [-0.2, 0) is 13.0 Å². The van der Waals surface area contributed by atoms with Crippen molar-refractivity contribution in [2.75, 3.05) is 0 Å². The van der Waals surface area contributed by atoms with Crippen molar-refractivity contribution >= 4 is 0 Å². The standard InChI is InChI=1S/C16H18N2O/c17-11-13-7-4-10-18-16(13)19-15-9-3-6-12-5-1-2-8-14(12)15/h1-2,4-5,7-8,10,15H,3,6,9,11,17H2. The molecule has 0 aliphatic heterocycles. The summed E-state index contributed by atoms with van der Waals surface area (Å²) in [7, 11) is 0. The maximum absolute atomic E-state index is 6.11. The van der Waals surface area contributed by atoms with Crippen LogP contribution in [0.25, 0.3) is 0 Å². The Kier molecular flexibility index (Phi) is 3.47. The first-order valence-electron chi connectivity index (χ1n) is 6.77. The monoisotopic (exact) mass is 254 g/mol. The number of pyridine rings is 1. The van der Waals surface area contributed by atoms with Crippen molar-refractivity contribution < 1.29 is 4.74 Å². The highest BCUT2D eigenvalue weighted by atomic mass is 16.5. The summed E-state index contributed by atoms with van der Waals surface area (Å²) in [6, 6.07) is 12.4. The van der Waals surface area contributed by atoms with E-state index in [0.717, 1.165) is 24.8 Å². The van der Waals surface area contributed by atoms with Crippen molar-refractivity contribution in [2.24, 2.45) is 5.73 Å². The predicted octanol–water partition coefficient (Wildman–Crippen LogP) is 3.00. The fourth-order valence-electron chi connectivity index (χ4n) is 2.65. The third kappa shape index (κ3) is 2.47. The molecule has 1 aliphatic carbocycles. The second-order valence-corrected chi connectivity index (χ2v) is 4.87. The Morgan fingerprint density at radius 1 is 1.21 bits per heavy atom. The predicted molar refractivity (Wildman–Crippen MR) is 74.9 cm³/mol. The highest BCUT2D eigenvalue weighted by Gasteiger charge is 2.22. The number of nitrogens with zero attached hydrogens (tertiary/aromatic N) is 1. The van der Waals surface area contributed by atoms with Crippen LogP contribution >= 0.6 is 0 Å². The van der Waals surface area contributed by atoms with Gasteiger partial charge in [-0.15, -0.1) is 0 Å². The van der Waals surface area contributed by atoms with Crippen LogP contribution in [-0.4, -0.2) is 4.98 Å². The minimum atomic E-state index is 0.102. The van der Waals surface area contributed by atoms with Gasteiger partial charge in [0.25, 0.3) is 0 Å². The Bertz CT molecular complexity index is 568. The lowest BCUT2D eigenvalue weighted by Gasteiger charge is -2.26. The molecule has 3 heteroatoms. The van der Waals surface area contributed by atoms with Gasteiger partial charge in [0.05, 0.1) is 0 Å². The van der Waals surface area contributed by atoms with Gasteiger partial charge in [-0.25, -0.2) is 4.98 Å². The zero-order valence-corrected chi connectivity index (χ0v) is 10.9. The second kappa shape index (κ2) is 5.41. The first kappa shape index (κ1) is 12.2. The van der Waals surface area contributed by atoms with Crippen molar-refractivity contribution in [3.05, 3.63) is 59.3 Å². The first-order valence-corrected chi connectivity index (χ1v) is 6.77. The van der Waals surface area contributed by atoms with Crippen LogP contribution in [0.1, 0.15) is 35.6 Å². The molecule has 1 aromatic carbocycles. The van der Waals surface area contributed by atoms with E-state index in [1.54, 1.807) is 6.20 Å². The zero-order chi connectivity index (χ0) is 13.1. The number of aromatic nitrogens is 1. The van der Waals surface area contributed by atoms with Crippen molar-refractivity contribution in [3.8, 4) is 5.88 Å². The smallest absolute Gasteiger partial charge is 0.218 e. The van der Waals surface area contributed by atoms with Crippen LogP contribution in [0.5, 0.6) is 5.88 Å². The number of rotatable bonds is 3. The fourth-order valence-corrected chi connectivity index (χ4v) is 2.65. The normalized spacial score (nSPS) is 17.8. The second-order valence-electron chi connectivity index (χ2n) is 4.87. The summed E-state index contributed by atoms with van der Waals surface area (Å²) >= 11 is 0. The van der Waals surface area contributed by atoms with Gasteiger partial charge < -0.3 is 10.5 Å². The van der Waals surface area contributed by atoms with E-state index in [0.29, 0.717) is 12.4 Å². The Balaban J connectivity index is 1.88. The number of hydrogen-bond acceptors (Lipinski definition) is 3. The number of hydrogen-bond donors (Lipinski definition) is 1. The molecule has 1 heterocycles. The number of nitrogens with two attached hydrogens (primary N) is 1. The molecule has 2 N–H and O–H groups in total. The highest BCUT2D eigenvalue weighted by molar-refractivity contribution is 5.33. The summed E-state index contributed by atoms with van der Waals surface area (Å²) in [5, 5.41) is 0. The van der Waals surface area contributed by atoms with Crippen molar-refractivity contribution in [1.29, 1.82) is 0 Å². The van der Waals surface area contributed by atoms with Crippen LogP contribution in [0.3, 0.4) is 0 Å². The molecule has 19 heavy (non-hydrogen) atoms. The Labute approximate surface area is 113 Å². The average Bonchev–Trinajstić information content (AvgIpc) is 2.48. The molecule has 2 aromatic rings. The van der Waals surface area contributed by atoms with E-state index in [-0.39, 0.29) is 6.10 Å². The van der Waals surface area contributed by atoms with E-state index in [1.165, 1.54) is 11.1 Å². The van der Waals surface area contributed by atoms with Crippen molar-refractivity contribution in [2.45, 2.75) is 31.9 Å². The van der Waals surface area contributed by atoms with Crippen LogP contribution in [0, 0.1) is 0 Å². The summed E-state index contributed by atoms with van der Waals surface area (Å²) in [5.74, 6) is 0.673. The average molecular weight is 254 g/mol. The molecule has 98 valence electrons. The minimum Gasteiger partial charge on any atom is -0.469 e.